The average Bonchev–Trinajstić information content (AvgIpc) is 2.66. The van der Waals surface area contributed by atoms with Crippen LogP contribution >= 0.6 is 0 Å². The van der Waals surface area contributed by atoms with Gasteiger partial charge in [-0.15, -0.1) is 0 Å². The van der Waals surface area contributed by atoms with Gasteiger partial charge in [0.2, 0.25) is 0 Å². The van der Waals surface area contributed by atoms with Crippen molar-refractivity contribution in [1.29, 1.82) is 0 Å². The molecule has 2 aromatic rings. The molecule has 0 aliphatic carbocycles. The van der Waals surface area contributed by atoms with Gasteiger partial charge in [-0.05, 0) is 30.7 Å². The first kappa shape index (κ1) is 18.4. The Kier molecular flexibility index (Phi) is 6.51. The first-order valence-corrected chi connectivity index (χ1v) is 8.22. The van der Waals surface area contributed by atoms with Crippen molar-refractivity contribution in [2.24, 2.45) is 0 Å². The summed E-state index contributed by atoms with van der Waals surface area (Å²) < 4.78 is 4.73. The quantitative estimate of drug-likeness (QED) is 0.782. The molecule has 1 heterocycles. The van der Waals surface area contributed by atoms with Gasteiger partial charge in [-0.2, -0.15) is 0 Å². The molecule has 6 nitrogen and oxygen atoms in total. The van der Waals surface area contributed by atoms with E-state index in [0.29, 0.717) is 11.3 Å². The molecule has 1 N–H and O–H groups in total. The third kappa shape index (κ3) is 4.79. The molecule has 0 radical (unpaired) electrons. The highest BCUT2D eigenvalue weighted by atomic mass is 16.5. The maximum Gasteiger partial charge on any atom is 0.339 e. The molecule has 0 spiro atoms. The van der Waals surface area contributed by atoms with E-state index >= 15 is 0 Å². The number of esters is 1. The van der Waals surface area contributed by atoms with Crippen LogP contribution in [0.15, 0.2) is 42.6 Å². The molecule has 132 valence electrons. The van der Waals surface area contributed by atoms with Gasteiger partial charge in [-0.3, -0.25) is 4.79 Å². The van der Waals surface area contributed by atoms with Crippen molar-refractivity contribution >= 4 is 23.3 Å². The SMILES string of the molecule is CCCCN(C)c1ccc(C(=O)Nc2ccccc2C(=O)OC)nc1. The Balaban J connectivity index is 2.10. The molecule has 0 aliphatic heterocycles. The van der Waals surface area contributed by atoms with Crippen LogP contribution < -0.4 is 10.2 Å². The molecule has 1 aromatic heterocycles. The van der Waals surface area contributed by atoms with Crippen LogP contribution in [0.1, 0.15) is 40.6 Å². The number of hydrogen-bond acceptors (Lipinski definition) is 5. The number of unbranched alkanes of at least 4 members (excludes halogenated alkanes) is 1. The van der Waals surface area contributed by atoms with Gasteiger partial charge in [0.25, 0.3) is 5.91 Å². The van der Waals surface area contributed by atoms with Gasteiger partial charge in [0.1, 0.15) is 5.69 Å². The van der Waals surface area contributed by atoms with Gasteiger partial charge >= 0.3 is 5.97 Å². The molecule has 0 saturated heterocycles. The number of aromatic nitrogens is 1. The fraction of sp³-hybridized carbons (Fsp3) is 0.316. The zero-order valence-electron chi connectivity index (χ0n) is 14.8. The maximum absolute atomic E-state index is 12.4. The van der Waals surface area contributed by atoms with E-state index in [1.807, 2.05) is 13.1 Å². The second-order valence-corrected chi connectivity index (χ2v) is 5.67. The molecule has 0 fully saturated rings. The number of carbonyl (C=O) groups excluding carboxylic acids is 2. The number of benzene rings is 1. The molecule has 0 unspecified atom stereocenters. The number of carbonyl (C=O) groups is 2. The number of rotatable bonds is 7. The third-order valence-electron chi connectivity index (χ3n) is 3.85. The largest absolute Gasteiger partial charge is 0.465 e. The van der Waals surface area contributed by atoms with Crippen molar-refractivity contribution in [3.05, 3.63) is 53.9 Å². The predicted molar refractivity (Wildman–Crippen MR) is 98.1 cm³/mol. The summed E-state index contributed by atoms with van der Waals surface area (Å²) in [6, 6.07) is 10.2. The van der Waals surface area contributed by atoms with Crippen molar-refractivity contribution in [1.82, 2.24) is 4.98 Å². The molecule has 25 heavy (non-hydrogen) atoms. The summed E-state index contributed by atoms with van der Waals surface area (Å²) in [6.07, 6.45) is 3.90. The number of para-hydroxylation sites is 1. The Hall–Kier alpha value is -2.89. The van der Waals surface area contributed by atoms with Gasteiger partial charge < -0.3 is 15.0 Å². The van der Waals surface area contributed by atoms with Gasteiger partial charge in [-0.25, -0.2) is 9.78 Å². The molecule has 2 rings (SSSR count). The van der Waals surface area contributed by atoms with Crippen LogP contribution in [0.2, 0.25) is 0 Å². The fourth-order valence-corrected chi connectivity index (χ4v) is 2.34. The van der Waals surface area contributed by atoms with E-state index in [2.05, 4.69) is 22.1 Å². The Morgan fingerprint density at radius 3 is 2.60 bits per heavy atom. The first-order chi connectivity index (χ1) is 12.1. The zero-order chi connectivity index (χ0) is 18.2. The van der Waals surface area contributed by atoms with E-state index in [9.17, 15) is 9.59 Å². The molecule has 0 aliphatic rings. The Bertz CT molecular complexity index is 729. The highest BCUT2D eigenvalue weighted by Gasteiger charge is 2.15. The molecule has 6 heteroatoms. The van der Waals surface area contributed by atoms with Crippen LogP contribution in [0.3, 0.4) is 0 Å². The van der Waals surface area contributed by atoms with Crippen LogP contribution in [0.4, 0.5) is 11.4 Å². The minimum atomic E-state index is -0.503. The minimum absolute atomic E-state index is 0.285. The second kappa shape index (κ2) is 8.82. The van der Waals surface area contributed by atoms with Crippen LogP contribution in [-0.2, 0) is 4.74 Å². The normalized spacial score (nSPS) is 10.2. The summed E-state index contributed by atoms with van der Waals surface area (Å²) in [6.45, 7) is 3.09. The lowest BCUT2D eigenvalue weighted by atomic mass is 10.1. The minimum Gasteiger partial charge on any atom is -0.465 e. The van der Waals surface area contributed by atoms with E-state index in [4.69, 9.17) is 4.74 Å². The standard InChI is InChI=1S/C19H23N3O3/c1-4-5-12-22(2)14-10-11-17(20-13-14)18(23)21-16-9-7-6-8-15(16)19(24)25-3/h6-11,13H,4-5,12H2,1-3H3,(H,21,23). The summed E-state index contributed by atoms with van der Waals surface area (Å²) in [5, 5.41) is 2.71. The smallest absolute Gasteiger partial charge is 0.339 e. The summed E-state index contributed by atoms with van der Waals surface area (Å²) in [4.78, 5) is 30.5. The van der Waals surface area contributed by atoms with Gasteiger partial charge in [0, 0.05) is 13.6 Å². The number of ether oxygens (including phenoxy) is 1. The molecule has 0 atom stereocenters. The Morgan fingerprint density at radius 1 is 1.20 bits per heavy atom. The van der Waals surface area contributed by atoms with Crippen LogP contribution in [-0.4, -0.2) is 37.6 Å². The lowest BCUT2D eigenvalue weighted by Crippen LogP contribution is -2.20. The summed E-state index contributed by atoms with van der Waals surface area (Å²) in [5.74, 6) is -0.879. The third-order valence-corrected chi connectivity index (χ3v) is 3.85. The van der Waals surface area contributed by atoms with Crippen molar-refractivity contribution < 1.29 is 14.3 Å². The average molecular weight is 341 g/mol. The van der Waals surface area contributed by atoms with E-state index in [0.717, 1.165) is 25.1 Å². The number of nitrogens with one attached hydrogen (secondary N) is 1. The lowest BCUT2D eigenvalue weighted by Gasteiger charge is -2.18. The predicted octanol–water partition coefficient (Wildman–Crippen LogP) is 3.36. The second-order valence-electron chi connectivity index (χ2n) is 5.67. The number of pyridine rings is 1. The van der Waals surface area contributed by atoms with Crippen LogP contribution in [0.25, 0.3) is 0 Å². The monoisotopic (exact) mass is 341 g/mol. The molecule has 1 amide bonds. The highest BCUT2D eigenvalue weighted by molar-refractivity contribution is 6.07. The zero-order valence-corrected chi connectivity index (χ0v) is 14.8. The molecule has 0 bridgehead atoms. The van der Waals surface area contributed by atoms with Crippen LogP contribution in [0.5, 0.6) is 0 Å². The fourth-order valence-electron chi connectivity index (χ4n) is 2.34. The number of hydrogen-bond donors (Lipinski definition) is 1. The molecule has 0 saturated carbocycles. The Labute approximate surface area is 147 Å². The Morgan fingerprint density at radius 2 is 1.96 bits per heavy atom. The first-order valence-electron chi connectivity index (χ1n) is 8.22. The van der Waals surface area contributed by atoms with E-state index < -0.39 is 5.97 Å². The van der Waals surface area contributed by atoms with Crippen molar-refractivity contribution in [3.8, 4) is 0 Å². The number of nitrogens with zero attached hydrogens (tertiary/aromatic N) is 2. The number of anilines is 2. The highest BCUT2D eigenvalue weighted by Crippen LogP contribution is 2.18. The molecular formula is C19H23N3O3. The van der Waals surface area contributed by atoms with Gasteiger partial charge in [-0.1, -0.05) is 25.5 Å². The molecular weight excluding hydrogens is 318 g/mol. The summed E-state index contributed by atoms with van der Waals surface area (Å²) >= 11 is 0. The van der Waals surface area contributed by atoms with E-state index in [1.54, 1.807) is 36.5 Å². The topological polar surface area (TPSA) is 71.5 Å². The number of amides is 1. The van der Waals surface area contributed by atoms with Gasteiger partial charge in [0.15, 0.2) is 0 Å². The van der Waals surface area contributed by atoms with Crippen molar-refractivity contribution in [3.63, 3.8) is 0 Å². The molecule has 1 aromatic carbocycles. The lowest BCUT2D eigenvalue weighted by molar-refractivity contribution is 0.0602. The van der Waals surface area contributed by atoms with Crippen LogP contribution in [0, 0.1) is 0 Å². The number of methoxy groups -OCH3 is 1. The summed E-state index contributed by atoms with van der Waals surface area (Å²) in [5.41, 5.74) is 1.94. The maximum atomic E-state index is 12.4. The van der Waals surface area contributed by atoms with Gasteiger partial charge in [0.05, 0.1) is 30.2 Å². The van der Waals surface area contributed by atoms with Crippen molar-refractivity contribution in [2.75, 3.05) is 30.9 Å². The van der Waals surface area contributed by atoms with Crippen molar-refractivity contribution in [2.45, 2.75) is 19.8 Å². The summed E-state index contributed by atoms with van der Waals surface area (Å²) in [7, 11) is 3.30. The van der Waals surface area contributed by atoms with E-state index in [1.165, 1.54) is 7.11 Å². The van der Waals surface area contributed by atoms with E-state index in [-0.39, 0.29) is 11.6 Å².